The Kier molecular flexibility index (Phi) is 3.80. The molecule has 0 bridgehead atoms. The van der Waals surface area contributed by atoms with Crippen molar-refractivity contribution in [3.05, 3.63) is 42.9 Å². The average molecular weight is 389 g/mol. The van der Waals surface area contributed by atoms with Gasteiger partial charge in [-0.05, 0) is 18.2 Å². The van der Waals surface area contributed by atoms with Crippen molar-refractivity contribution in [2.24, 2.45) is 5.41 Å². The maximum Gasteiger partial charge on any atom is 0.225 e. The Balaban J connectivity index is 1.24. The number of rotatable bonds is 3. The molecule has 0 saturated carbocycles. The average Bonchev–Trinajstić information content (AvgIpc) is 2.73. The van der Waals surface area contributed by atoms with Gasteiger partial charge in [-0.15, -0.1) is 0 Å². The van der Waals surface area contributed by atoms with E-state index in [9.17, 15) is 0 Å². The second-order valence-corrected chi connectivity index (χ2v) is 8.23. The molecule has 1 spiro atoms. The molecule has 0 amide bonds. The van der Waals surface area contributed by atoms with Crippen LogP contribution in [0.1, 0.15) is 0 Å². The summed E-state index contributed by atoms with van der Waals surface area (Å²) in [7, 11) is 0. The lowest BCUT2D eigenvalue weighted by Gasteiger charge is -2.60. The van der Waals surface area contributed by atoms with Crippen molar-refractivity contribution in [3.63, 3.8) is 0 Å². The smallest absolute Gasteiger partial charge is 0.225 e. The third-order valence-electron chi connectivity index (χ3n) is 6.14. The fourth-order valence-electron chi connectivity index (χ4n) is 4.71. The zero-order valence-electron chi connectivity index (χ0n) is 16.2. The maximum atomic E-state index is 5.50. The van der Waals surface area contributed by atoms with Crippen LogP contribution in [-0.4, -0.2) is 72.4 Å². The number of pyridine rings is 2. The molecule has 0 aromatic carbocycles. The highest BCUT2D eigenvalue weighted by Crippen LogP contribution is 2.44. The van der Waals surface area contributed by atoms with E-state index in [2.05, 4.69) is 41.8 Å². The van der Waals surface area contributed by atoms with Gasteiger partial charge in [0.1, 0.15) is 11.6 Å². The highest BCUT2D eigenvalue weighted by atomic mass is 16.5. The zero-order chi connectivity index (χ0) is 19.3. The minimum Gasteiger partial charge on any atom is -0.378 e. The van der Waals surface area contributed by atoms with E-state index >= 15 is 0 Å². The minimum absolute atomic E-state index is 0.324. The van der Waals surface area contributed by atoms with Gasteiger partial charge in [-0.25, -0.2) is 15.0 Å². The van der Waals surface area contributed by atoms with Crippen LogP contribution in [0.3, 0.4) is 0 Å². The first kappa shape index (κ1) is 16.9. The fourth-order valence-corrected chi connectivity index (χ4v) is 4.71. The number of hydrogen-bond donors (Lipinski definition) is 0. The first-order chi connectivity index (χ1) is 14.3. The second kappa shape index (κ2) is 6.52. The minimum atomic E-state index is 0.324. The van der Waals surface area contributed by atoms with Gasteiger partial charge < -0.3 is 19.4 Å². The SMILES string of the molecule is c1cnc(N2CC3(C2)CN(c2nc(N4CCOCC4)cc4ncccc24)C3)nc1. The molecule has 8 nitrogen and oxygen atoms in total. The van der Waals surface area contributed by atoms with Gasteiger partial charge in [-0.2, -0.15) is 0 Å². The van der Waals surface area contributed by atoms with Gasteiger partial charge >= 0.3 is 0 Å². The van der Waals surface area contributed by atoms with Gasteiger partial charge in [-0.3, -0.25) is 4.98 Å². The molecule has 0 unspecified atom stereocenters. The predicted molar refractivity (Wildman–Crippen MR) is 111 cm³/mol. The topological polar surface area (TPSA) is 70.5 Å². The summed E-state index contributed by atoms with van der Waals surface area (Å²) in [4.78, 5) is 25.4. The van der Waals surface area contributed by atoms with Crippen LogP contribution in [0.25, 0.3) is 10.9 Å². The molecule has 148 valence electrons. The van der Waals surface area contributed by atoms with E-state index in [1.165, 1.54) is 0 Å². The van der Waals surface area contributed by atoms with E-state index in [0.717, 1.165) is 81.0 Å². The summed E-state index contributed by atoms with van der Waals surface area (Å²) in [5.41, 5.74) is 1.33. The molecule has 3 aromatic rings. The van der Waals surface area contributed by atoms with Crippen LogP contribution in [0.4, 0.5) is 17.6 Å². The van der Waals surface area contributed by atoms with Crippen molar-refractivity contribution < 1.29 is 4.74 Å². The van der Waals surface area contributed by atoms with E-state index in [4.69, 9.17) is 9.72 Å². The van der Waals surface area contributed by atoms with Gasteiger partial charge in [-0.1, -0.05) is 0 Å². The number of morpholine rings is 1. The Hall–Kier alpha value is -3.00. The number of ether oxygens (including phenoxy) is 1. The van der Waals surface area contributed by atoms with Crippen molar-refractivity contribution in [3.8, 4) is 0 Å². The standard InChI is InChI=1S/C21H23N7O/c1-3-16-17(22-4-1)11-18(26-7-9-29-10-8-26)25-19(16)27-12-21(13-27)14-28(15-21)20-23-5-2-6-24-20/h1-6,11H,7-10,12-15H2. The van der Waals surface area contributed by atoms with Crippen molar-refractivity contribution in [2.45, 2.75) is 0 Å². The van der Waals surface area contributed by atoms with Gasteiger partial charge in [0.05, 0.1) is 18.7 Å². The lowest BCUT2D eigenvalue weighted by molar-refractivity contribution is 0.122. The molecular weight excluding hydrogens is 366 g/mol. The molecule has 3 fully saturated rings. The van der Waals surface area contributed by atoms with Crippen LogP contribution < -0.4 is 14.7 Å². The summed E-state index contributed by atoms with van der Waals surface area (Å²) in [6.07, 6.45) is 5.47. The van der Waals surface area contributed by atoms with Crippen LogP contribution in [0.5, 0.6) is 0 Å². The zero-order valence-corrected chi connectivity index (χ0v) is 16.2. The van der Waals surface area contributed by atoms with Gasteiger partial charge in [0.15, 0.2) is 0 Å². The number of nitrogens with zero attached hydrogens (tertiary/aromatic N) is 7. The normalized spacial score (nSPS) is 20.6. The molecule has 3 saturated heterocycles. The van der Waals surface area contributed by atoms with E-state index < -0.39 is 0 Å². The van der Waals surface area contributed by atoms with Crippen LogP contribution in [0.15, 0.2) is 42.9 Å². The van der Waals surface area contributed by atoms with E-state index in [0.29, 0.717) is 5.41 Å². The third kappa shape index (κ3) is 2.86. The molecule has 6 rings (SSSR count). The summed E-state index contributed by atoms with van der Waals surface area (Å²) in [6, 6.07) is 8.09. The number of fused-ring (bicyclic) bond motifs is 1. The predicted octanol–water partition coefficient (Wildman–Crippen LogP) is 1.58. The van der Waals surface area contributed by atoms with Crippen molar-refractivity contribution in [1.82, 2.24) is 19.9 Å². The van der Waals surface area contributed by atoms with E-state index in [1.54, 1.807) is 12.4 Å². The molecule has 3 aromatic heterocycles. The van der Waals surface area contributed by atoms with Crippen molar-refractivity contribution in [2.75, 3.05) is 67.2 Å². The molecule has 29 heavy (non-hydrogen) atoms. The van der Waals surface area contributed by atoms with Crippen LogP contribution in [0, 0.1) is 5.41 Å². The molecule has 0 N–H and O–H groups in total. The Morgan fingerprint density at radius 2 is 1.55 bits per heavy atom. The quantitative estimate of drug-likeness (QED) is 0.669. The monoisotopic (exact) mass is 389 g/mol. The highest BCUT2D eigenvalue weighted by molar-refractivity contribution is 5.92. The first-order valence-electron chi connectivity index (χ1n) is 10.2. The molecular formula is C21H23N7O. The Morgan fingerprint density at radius 1 is 0.828 bits per heavy atom. The van der Waals surface area contributed by atoms with Crippen molar-refractivity contribution in [1.29, 1.82) is 0 Å². The fraction of sp³-hybridized carbons (Fsp3) is 0.429. The lowest BCUT2D eigenvalue weighted by Crippen LogP contribution is -2.73. The molecule has 0 atom stereocenters. The Morgan fingerprint density at radius 3 is 2.34 bits per heavy atom. The number of hydrogen-bond acceptors (Lipinski definition) is 8. The number of anilines is 3. The van der Waals surface area contributed by atoms with Gasteiger partial charge in [0.25, 0.3) is 0 Å². The summed E-state index contributed by atoms with van der Waals surface area (Å²) in [5.74, 6) is 2.89. The van der Waals surface area contributed by atoms with Crippen LogP contribution in [-0.2, 0) is 4.74 Å². The molecule has 0 radical (unpaired) electrons. The second-order valence-electron chi connectivity index (χ2n) is 8.23. The molecule has 0 aliphatic carbocycles. The maximum absolute atomic E-state index is 5.50. The van der Waals surface area contributed by atoms with E-state index in [1.807, 2.05) is 18.3 Å². The first-order valence-corrected chi connectivity index (χ1v) is 10.2. The molecule has 6 heterocycles. The van der Waals surface area contributed by atoms with Gasteiger partial charge in [0, 0.05) is 74.7 Å². The van der Waals surface area contributed by atoms with Gasteiger partial charge in [0.2, 0.25) is 5.95 Å². The lowest BCUT2D eigenvalue weighted by atomic mass is 9.73. The van der Waals surface area contributed by atoms with Crippen LogP contribution in [0.2, 0.25) is 0 Å². The Labute approximate surface area is 169 Å². The Bertz CT molecular complexity index is 1020. The van der Waals surface area contributed by atoms with E-state index in [-0.39, 0.29) is 0 Å². The molecule has 8 heteroatoms. The number of aromatic nitrogens is 4. The van der Waals surface area contributed by atoms with Crippen LogP contribution >= 0.6 is 0 Å². The molecule has 3 aliphatic rings. The third-order valence-corrected chi connectivity index (χ3v) is 6.14. The summed E-state index contributed by atoms with van der Waals surface area (Å²) in [6.45, 7) is 7.30. The summed E-state index contributed by atoms with van der Waals surface area (Å²) in [5, 5.41) is 1.13. The summed E-state index contributed by atoms with van der Waals surface area (Å²) < 4.78 is 5.50. The highest BCUT2D eigenvalue weighted by Gasteiger charge is 2.53. The molecule has 3 aliphatic heterocycles. The largest absolute Gasteiger partial charge is 0.378 e. The summed E-state index contributed by atoms with van der Waals surface area (Å²) >= 11 is 0. The van der Waals surface area contributed by atoms with Crippen molar-refractivity contribution >= 4 is 28.5 Å².